The second kappa shape index (κ2) is 5.48. The summed E-state index contributed by atoms with van der Waals surface area (Å²) in [7, 11) is 0. The molecular weight excluding hydrogens is 316 g/mol. The van der Waals surface area contributed by atoms with Crippen molar-refractivity contribution in [3.8, 4) is 0 Å². The Morgan fingerprint density at radius 2 is 2.27 bits per heavy atom. The Hall–Kier alpha value is -1.73. The first kappa shape index (κ1) is 13.9. The molecule has 0 saturated heterocycles. The van der Waals surface area contributed by atoms with Crippen LogP contribution < -0.4 is 5.56 Å². The van der Waals surface area contributed by atoms with E-state index in [2.05, 4.69) is 26.9 Å². The Morgan fingerprint density at radius 1 is 1.36 bits per heavy atom. The van der Waals surface area contributed by atoms with Crippen molar-refractivity contribution >= 4 is 33.3 Å². The van der Waals surface area contributed by atoms with Gasteiger partial charge in [0.2, 0.25) is 0 Å². The number of hydrogen-bond acceptors (Lipinski definition) is 6. The minimum Gasteiger partial charge on any atom is -0.301 e. The van der Waals surface area contributed by atoms with E-state index in [1.54, 1.807) is 17.7 Å². The summed E-state index contributed by atoms with van der Waals surface area (Å²) < 4.78 is 0. The van der Waals surface area contributed by atoms with Gasteiger partial charge in [-0.2, -0.15) is 0 Å². The molecule has 7 heteroatoms. The number of thiophene rings is 1. The molecule has 0 spiro atoms. The molecule has 0 aromatic carbocycles. The molecule has 1 aliphatic carbocycles. The molecule has 22 heavy (non-hydrogen) atoms. The molecule has 5 nitrogen and oxygen atoms in total. The molecule has 3 heterocycles. The zero-order valence-corrected chi connectivity index (χ0v) is 13.6. The van der Waals surface area contributed by atoms with Crippen molar-refractivity contribution in [1.29, 1.82) is 0 Å². The molecule has 1 N–H and O–H groups in total. The second-order valence-corrected chi connectivity index (χ2v) is 7.61. The first-order chi connectivity index (χ1) is 10.7. The molecule has 0 aliphatic heterocycles. The van der Waals surface area contributed by atoms with Gasteiger partial charge in [0, 0.05) is 22.5 Å². The number of fused-ring (bicyclic) bond motifs is 3. The summed E-state index contributed by atoms with van der Waals surface area (Å²) in [5, 5.41) is 2.59. The van der Waals surface area contributed by atoms with Gasteiger partial charge in [0.15, 0.2) is 5.16 Å². The monoisotopic (exact) mass is 330 g/mol. The largest absolute Gasteiger partial charge is 0.301 e. The SMILES string of the molecule is C[C@@H]1CCc2c(sc3ncnc(Sc4nccc(=O)[nH]4)c23)C1. The first-order valence-electron chi connectivity index (χ1n) is 7.19. The number of aryl methyl sites for hydroxylation is 1. The van der Waals surface area contributed by atoms with Crippen LogP contribution in [0.5, 0.6) is 0 Å². The van der Waals surface area contributed by atoms with Gasteiger partial charge in [-0.05, 0) is 42.5 Å². The molecule has 0 amide bonds. The van der Waals surface area contributed by atoms with Crippen LogP contribution in [-0.2, 0) is 12.8 Å². The van der Waals surface area contributed by atoms with Crippen LogP contribution in [0, 0.1) is 5.92 Å². The Bertz CT molecular complexity index is 902. The lowest BCUT2D eigenvalue weighted by Crippen LogP contribution is -2.09. The van der Waals surface area contributed by atoms with Gasteiger partial charge in [-0.1, -0.05) is 6.92 Å². The van der Waals surface area contributed by atoms with Crippen LogP contribution in [0.1, 0.15) is 23.8 Å². The van der Waals surface area contributed by atoms with E-state index in [0.29, 0.717) is 5.16 Å². The van der Waals surface area contributed by atoms with E-state index >= 15 is 0 Å². The lowest BCUT2D eigenvalue weighted by molar-refractivity contribution is 0.509. The fourth-order valence-electron chi connectivity index (χ4n) is 2.82. The lowest BCUT2D eigenvalue weighted by atomic mass is 9.89. The lowest BCUT2D eigenvalue weighted by Gasteiger charge is -2.18. The number of rotatable bonds is 2. The Balaban J connectivity index is 1.83. The van der Waals surface area contributed by atoms with Crippen molar-refractivity contribution in [2.45, 2.75) is 36.4 Å². The molecule has 0 fully saturated rings. The molecule has 3 aromatic rings. The quantitative estimate of drug-likeness (QED) is 0.577. The molecule has 0 unspecified atom stereocenters. The van der Waals surface area contributed by atoms with Crippen LogP contribution in [-0.4, -0.2) is 19.9 Å². The third-order valence-corrected chi connectivity index (χ3v) is 5.96. The van der Waals surface area contributed by atoms with Gasteiger partial charge in [0.1, 0.15) is 16.2 Å². The predicted octanol–water partition coefficient (Wildman–Crippen LogP) is 3.05. The molecule has 112 valence electrons. The summed E-state index contributed by atoms with van der Waals surface area (Å²) in [5.41, 5.74) is 1.24. The van der Waals surface area contributed by atoms with Crippen LogP contribution in [0.25, 0.3) is 10.2 Å². The number of nitrogens with zero attached hydrogens (tertiary/aromatic N) is 3. The highest BCUT2D eigenvalue weighted by molar-refractivity contribution is 7.99. The van der Waals surface area contributed by atoms with Crippen molar-refractivity contribution in [1.82, 2.24) is 19.9 Å². The van der Waals surface area contributed by atoms with E-state index in [1.165, 1.54) is 40.9 Å². The minimum absolute atomic E-state index is 0.149. The molecule has 0 radical (unpaired) electrons. The predicted molar refractivity (Wildman–Crippen MR) is 87.6 cm³/mol. The fourth-order valence-corrected chi connectivity index (χ4v) is 5.10. The normalized spacial score (nSPS) is 17.6. The standard InChI is InChI=1S/C15H14N4OS2/c1-8-2-3-9-10(6-8)21-13-12(9)14(18-7-17-13)22-15-16-5-4-11(20)19-15/h4-5,7-8H,2-3,6H2,1H3,(H,16,19,20)/t8-/m1/s1. The van der Waals surface area contributed by atoms with Gasteiger partial charge in [0.25, 0.3) is 5.56 Å². The summed E-state index contributed by atoms with van der Waals surface area (Å²) in [6.45, 7) is 2.30. The van der Waals surface area contributed by atoms with Crippen molar-refractivity contribution in [2.75, 3.05) is 0 Å². The third kappa shape index (κ3) is 2.44. The van der Waals surface area contributed by atoms with Gasteiger partial charge < -0.3 is 4.98 Å². The number of aromatic amines is 1. The minimum atomic E-state index is -0.149. The zero-order valence-electron chi connectivity index (χ0n) is 12.0. The summed E-state index contributed by atoms with van der Waals surface area (Å²) >= 11 is 3.17. The van der Waals surface area contributed by atoms with Gasteiger partial charge in [-0.25, -0.2) is 15.0 Å². The van der Waals surface area contributed by atoms with E-state index in [-0.39, 0.29) is 5.56 Å². The third-order valence-electron chi connectivity index (χ3n) is 3.90. The van der Waals surface area contributed by atoms with E-state index in [4.69, 9.17) is 0 Å². The summed E-state index contributed by atoms with van der Waals surface area (Å²) in [6, 6.07) is 1.41. The van der Waals surface area contributed by atoms with Crippen LogP contribution >= 0.6 is 23.1 Å². The highest BCUT2D eigenvalue weighted by Crippen LogP contribution is 2.41. The Labute approximate surface area is 135 Å². The fraction of sp³-hybridized carbons (Fsp3) is 0.333. The van der Waals surface area contributed by atoms with Crippen LogP contribution in [0.15, 0.2) is 33.6 Å². The molecule has 0 bridgehead atoms. The maximum absolute atomic E-state index is 11.4. The second-order valence-electron chi connectivity index (χ2n) is 5.55. The first-order valence-corrected chi connectivity index (χ1v) is 8.82. The number of nitrogens with one attached hydrogen (secondary N) is 1. The molecular formula is C15H14N4OS2. The van der Waals surface area contributed by atoms with E-state index in [1.807, 2.05) is 0 Å². The summed E-state index contributed by atoms with van der Waals surface area (Å²) in [6.07, 6.45) is 6.52. The molecule has 1 aliphatic rings. The average molecular weight is 330 g/mol. The molecule has 1 atom stereocenters. The molecule has 4 rings (SSSR count). The van der Waals surface area contributed by atoms with E-state index in [9.17, 15) is 4.79 Å². The van der Waals surface area contributed by atoms with Crippen molar-refractivity contribution < 1.29 is 0 Å². The smallest absolute Gasteiger partial charge is 0.251 e. The number of aromatic nitrogens is 4. The van der Waals surface area contributed by atoms with Crippen LogP contribution in [0.4, 0.5) is 0 Å². The van der Waals surface area contributed by atoms with Crippen molar-refractivity contribution in [3.05, 3.63) is 39.4 Å². The molecule has 3 aromatic heterocycles. The van der Waals surface area contributed by atoms with Crippen LogP contribution in [0.2, 0.25) is 0 Å². The van der Waals surface area contributed by atoms with Crippen molar-refractivity contribution in [2.24, 2.45) is 5.92 Å². The van der Waals surface area contributed by atoms with Crippen LogP contribution in [0.3, 0.4) is 0 Å². The molecule has 0 saturated carbocycles. The Kier molecular flexibility index (Phi) is 3.46. The maximum Gasteiger partial charge on any atom is 0.251 e. The topological polar surface area (TPSA) is 71.5 Å². The Morgan fingerprint density at radius 3 is 3.14 bits per heavy atom. The summed E-state index contributed by atoms with van der Waals surface area (Å²) in [4.78, 5) is 29.7. The maximum atomic E-state index is 11.4. The average Bonchev–Trinajstić information content (AvgIpc) is 2.85. The highest BCUT2D eigenvalue weighted by atomic mass is 32.2. The van der Waals surface area contributed by atoms with E-state index in [0.717, 1.165) is 34.0 Å². The van der Waals surface area contributed by atoms with Gasteiger partial charge in [-0.3, -0.25) is 4.79 Å². The zero-order chi connectivity index (χ0) is 15.1. The number of hydrogen-bond donors (Lipinski definition) is 1. The van der Waals surface area contributed by atoms with Gasteiger partial charge >= 0.3 is 0 Å². The van der Waals surface area contributed by atoms with Crippen molar-refractivity contribution in [3.63, 3.8) is 0 Å². The van der Waals surface area contributed by atoms with E-state index < -0.39 is 0 Å². The van der Waals surface area contributed by atoms with Gasteiger partial charge in [0.05, 0.1) is 0 Å². The van der Waals surface area contributed by atoms with Gasteiger partial charge in [-0.15, -0.1) is 11.3 Å². The highest BCUT2D eigenvalue weighted by Gasteiger charge is 2.23. The number of H-pyrrole nitrogens is 1. The summed E-state index contributed by atoms with van der Waals surface area (Å²) in [5.74, 6) is 0.733.